The van der Waals surface area contributed by atoms with E-state index in [1.807, 2.05) is 48.6 Å². The molecular weight excluding hydrogens is 244 g/mol. The normalized spacial score (nSPS) is 15.6. The van der Waals surface area contributed by atoms with Gasteiger partial charge in [0.05, 0.1) is 6.10 Å². The second-order valence-electron chi connectivity index (χ2n) is 5.74. The first-order valence-corrected chi connectivity index (χ1v) is 7.16. The molecule has 0 fully saturated rings. The zero-order valence-corrected chi connectivity index (χ0v) is 12.8. The second-order valence-corrected chi connectivity index (χ2v) is 5.74. The molecule has 0 radical (unpaired) electrons. The fourth-order valence-corrected chi connectivity index (χ4v) is 2.03. The number of hydrogen-bond donors (Lipinski definition) is 1. The van der Waals surface area contributed by atoms with Crippen LogP contribution in [0.4, 0.5) is 0 Å². The van der Waals surface area contributed by atoms with Crippen LogP contribution in [0.2, 0.25) is 0 Å². The van der Waals surface area contributed by atoms with Crippen molar-refractivity contribution in [1.29, 1.82) is 0 Å². The van der Waals surface area contributed by atoms with Crippen molar-refractivity contribution in [3.63, 3.8) is 0 Å². The number of aliphatic hydroxyl groups excluding tert-OH is 1. The average molecular weight is 270 g/mol. The predicted octanol–water partition coefficient (Wildman–Crippen LogP) is 5.00. The molecule has 0 saturated heterocycles. The van der Waals surface area contributed by atoms with Crippen LogP contribution in [0.5, 0.6) is 0 Å². The zero-order valence-electron chi connectivity index (χ0n) is 12.8. The lowest BCUT2D eigenvalue weighted by molar-refractivity contribution is 0.107. The molecule has 1 heteroatoms. The predicted molar refractivity (Wildman–Crippen MR) is 88.5 cm³/mol. The Bertz CT molecular complexity index is 466. The molecule has 0 aromatic heterocycles. The molecule has 0 amide bonds. The third-order valence-electron chi connectivity index (χ3n) is 3.65. The molecule has 1 aromatic rings. The van der Waals surface area contributed by atoms with E-state index in [9.17, 15) is 5.11 Å². The molecule has 1 nitrogen and oxygen atoms in total. The van der Waals surface area contributed by atoms with Gasteiger partial charge in [-0.3, -0.25) is 0 Å². The number of hydrogen-bond acceptors (Lipinski definition) is 1. The standard InChI is InChI=1S/C19H26O/c1-5-19(4,15-9-10-16(2)3)18(20)14-13-17-11-7-6-8-12-17/h5-8,10-14,18,20H,1,9,15H2,2-4H3/b14-13+/t18-,19-/m1/s1. The van der Waals surface area contributed by atoms with Gasteiger partial charge in [-0.2, -0.15) is 0 Å². The van der Waals surface area contributed by atoms with Gasteiger partial charge in [-0.05, 0) is 32.3 Å². The first-order chi connectivity index (χ1) is 9.48. The van der Waals surface area contributed by atoms with Crippen molar-refractivity contribution in [3.05, 3.63) is 66.3 Å². The highest BCUT2D eigenvalue weighted by molar-refractivity contribution is 5.49. The lowest BCUT2D eigenvalue weighted by atomic mass is 9.79. The van der Waals surface area contributed by atoms with Crippen LogP contribution in [0, 0.1) is 5.41 Å². The lowest BCUT2D eigenvalue weighted by Crippen LogP contribution is -2.28. The Hall–Kier alpha value is -1.60. The molecule has 1 aromatic carbocycles. The quantitative estimate of drug-likeness (QED) is 0.691. The van der Waals surface area contributed by atoms with Crippen LogP contribution in [0.15, 0.2) is 60.7 Å². The Morgan fingerprint density at radius 1 is 1.30 bits per heavy atom. The molecule has 2 atom stereocenters. The molecule has 108 valence electrons. The monoisotopic (exact) mass is 270 g/mol. The Balaban J connectivity index is 2.70. The van der Waals surface area contributed by atoms with Gasteiger partial charge in [-0.25, -0.2) is 0 Å². The highest BCUT2D eigenvalue weighted by atomic mass is 16.3. The average Bonchev–Trinajstić information content (AvgIpc) is 2.45. The molecule has 0 unspecified atom stereocenters. The fraction of sp³-hybridized carbons (Fsp3) is 0.368. The minimum absolute atomic E-state index is 0.294. The summed E-state index contributed by atoms with van der Waals surface area (Å²) < 4.78 is 0. The van der Waals surface area contributed by atoms with Gasteiger partial charge in [0.2, 0.25) is 0 Å². The minimum atomic E-state index is -0.522. The third-order valence-corrected chi connectivity index (χ3v) is 3.65. The van der Waals surface area contributed by atoms with Gasteiger partial charge in [-0.15, -0.1) is 6.58 Å². The molecule has 0 spiro atoms. The van der Waals surface area contributed by atoms with E-state index in [0.29, 0.717) is 0 Å². The van der Waals surface area contributed by atoms with E-state index in [0.717, 1.165) is 18.4 Å². The summed E-state index contributed by atoms with van der Waals surface area (Å²) in [6, 6.07) is 10.0. The van der Waals surface area contributed by atoms with Crippen molar-refractivity contribution in [3.8, 4) is 0 Å². The van der Waals surface area contributed by atoms with Crippen molar-refractivity contribution < 1.29 is 5.11 Å². The van der Waals surface area contributed by atoms with Crippen molar-refractivity contribution in [2.45, 2.75) is 39.7 Å². The maximum atomic E-state index is 10.4. The van der Waals surface area contributed by atoms with E-state index < -0.39 is 6.10 Å². The Labute approximate surface area is 123 Å². The van der Waals surface area contributed by atoms with Gasteiger partial charge in [0, 0.05) is 5.41 Å². The first-order valence-electron chi connectivity index (χ1n) is 7.16. The van der Waals surface area contributed by atoms with Crippen LogP contribution in [-0.4, -0.2) is 11.2 Å². The number of benzene rings is 1. The minimum Gasteiger partial charge on any atom is -0.388 e. The zero-order chi connectivity index (χ0) is 15.0. The fourth-order valence-electron chi connectivity index (χ4n) is 2.03. The number of rotatable bonds is 7. The molecule has 1 N–H and O–H groups in total. The highest BCUT2D eigenvalue weighted by Gasteiger charge is 2.26. The summed E-state index contributed by atoms with van der Waals surface area (Å²) in [6.45, 7) is 10.1. The third kappa shape index (κ3) is 5.18. The van der Waals surface area contributed by atoms with E-state index in [2.05, 4.69) is 33.4 Å². The molecule has 0 aliphatic heterocycles. The molecule has 0 aliphatic rings. The largest absolute Gasteiger partial charge is 0.388 e. The molecular formula is C19H26O. The maximum Gasteiger partial charge on any atom is 0.0812 e. The molecule has 0 heterocycles. The summed E-state index contributed by atoms with van der Waals surface area (Å²) in [6.07, 6.45) is 9.22. The Kier molecular flexibility index (Phi) is 6.47. The summed E-state index contributed by atoms with van der Waals surface area (Å²) in [7, 11) is 0. The second kappa shape index (κ2) is 7.86. The SMILES string of the molecule is C=C[C@](C)(CCC=C(C)C)[C@H](O)/C=C/c1ccccc1. The number of aliphatic hydroxyl groups is 1. The van der Waals surface area contributed by atoms with Crippen LogP contribution in [0.1, 0.15) is 39.2 Å². The summed E-state index contributed by atoms with van der Waals surface area (Å²) in [5, 5.41) is 10.4. The maximum absolute atomic E-state index is 10.4. The van der Waals surface area contributed by atoms with Gasteiger partial charge in [0.25, 0.3) is 0 Å². The van der Waals surface area contributed by atoms with Crippen LogP contribution >= 0.6 is 0 Å². The molecule has 1 rings (SSSR count). The van der Waals surface area contributed by atoms with Gasteiger partial charge in [0.1, 0.15) is 0 Å². The van der Waals surface area contributed by atoms with Gasteiger partial charge < -0.3 is 5.11 Å². The molecule has 0 bridgehead atoms. The smallest absolute Gasteiger partial charge is 0.0812 e. The Morgan fingerprint density at radius 2 is 1.95 bits per heavy atom. The van der Waals surface area contributed by atoms with E-state index in [-0.39, 0.29) is 5.41 Å². The summed E-state index contributed by atoms with van der Waals surface area (Å²) in [5.41, 5.74) is 2.12. The van der Waals surface area contributed by atoms with Crippen molar-refractivity contribution in [2.24, 2.45) is 5.41 Å². The lowest BCUT2D eigenvalue weighted by Gasteiger charge is -2.29. The van der Waals surface area contributed by atoms with Gasteiger partial charge in [-0.1, -0.05) is 67.1 Å². The Morgan fingerprint density at radius 3 is 2.50 bits per heavy atom. The van der Waals surface area contributed by atoms with Crippen molar-refractivity contribution in [2.75, 3.05) is 0 Å². The highest BCUT2D eigenvalue weighted by Crippen LogP contribution is 2.30. The first kappa shape index (κ1) is 16.5. The number of allylic oxidation sites excluding steroid dienone is 2. The van der Waals surface area contributed by atoms with E-state index in [1.54, 1.807) is 0 Å². The van der Waals surface area contributed by atoms with Crippen LogP contribution in [0.3, 0.4) is 0 Å². The van der Waals surface area contributed by atoms with Gasteiger partial charge >= 0.3 is 0 Å². The topological polar surface area (TPSA) is 20.2 Å². The summed E-state index contributed by atoms with van der Waals surface area (Å²) >= 11 is 0. The molecule has 0 saturated carbocycles. The molecule has 0 aliphatic carbocycles. The van der Waals surface area contributed by atoms with E-state index in [4.69, 9.17) is 0 Å². The van der Waals surface area contributed by atoms with E-state index >= 15 is 0 Å². The van der Waals surface area contributed by atoms with Gasteiger partial charge in [0.15, 0.2) is 0 Å². The van der Waals surface area contributed by atoms with Crippen LogP contribution in [-0.2, 0) is 0 Å². The summed E-state index contributed by atoms with van der Waals surface area (Å²) in [5.74, 6) is 0. The molecule has 20 heavy (non-hydrogen) atoms. The van der Waals surface area contributed by atoms with E-state index in [1.165, 1.54) is 5.57 Å². The van der Waals surface area contributed by atoms with Crippen molar-refractivity contribution >= 4 is 6.08 Å². The van der Waals surface area contributed by atoms with Crippen LogP contribution < -0.4 is 0 Å². The van der Waals surface area contributed by atoms with Crippen LogP contribution in [0.25, 0.3) is 6.08 Å². The summed E-state index contributed by atoms with van der Waals surface area (Å²) in [4.78, 5) is 0. The van der Waals surface area contributed by atoms with Crippen molar-refractivity contribution in [1.82, 2.24) is 0 Å².